The minimum Gasteiger partial charge on any atom is -0.378 e. The summed E-state index contributed by atoms with van der Waals surface area (Å²) >= 11 is 1.87. The first kappa shape index (κ1) is 9.02. The van der Waals surface area contributed by atoms with Crippen LogP contribution in [-0.4, -0.2) is 12.1 Å². The van der Waals surface area contributed by atoms with Crippen LogP contribution in [0.4, 0.5) is 0 Å². The van der Waals surface area contributed by atoms with Gasteiger partial charge in [0.25, 0.3) is 0 Å². The third-order valence-corrected chi connectivity index (χ3v) is 1.63. The maximum atomic E-state index is 4.95. The van der Waals surface area contributed by atoms with Crippen molar-refractivity contribution in [2.45, 2.75) is 13.2 Å². The van der Waals surface area contributed by atoms with Gasteiger partial charge in [-0.25, -0.2) is 0 Å². The topological polar surface area (TPSA) is 34.2 Å². The molecule has 1 heterocycles. The number of rotatable bonds is 4. The van der Waals surface area contributed by atoms with E-state index in [0.717, 1.165) is 11.4 Å². The van der Waals surface area contributed by atoms with Crippen LogP contribution >= 0.6 is 23.0 Å². The van der Waals surface area contributed by atoms with Crippen LogP contribution in [0, 0.1) is 0 Å². The largest absolute Gasteiger partial charge is 0.378 e. The van der Waals surface area contributed by atoms with Crippen LogP contribution in [0.15, 0.2) is 12.1 Å². The molecule has 0 spiro atoms. The Hall–Kier alpha value is -0.0700. The van der Waals surface area contributed by atoms with Gasteiger partial charge >= 0.3 is 0 Å². The van der Waals surface area contributed by atoms with Crippen molar-refractivity contribution in [3.8, 4) is 0 Å². The lowest BCUT2D eigenvalue weighted by atomic mass is 10.4. The van der Waals surface area contributed by atoms with Crippen molar-refractivity contribution in [3.63, 3.8) is 0 Å². The summed E-state index contributed by atoms with van der Waals surface area (Å²) in [5.74, 6) is 0. The molecule has 1 aromatic heterocycles. The summed E-state index contributed by atoms with van der Waals surface area (Å²) in [6, 6.07) is 3.99. The van der Waals surface area contributed by atoms with E-state index < -0.39 is 0 Å². The lowest BCUT2D eigenvalue weighted by molar-refractivity contribution is 0.181. The summed E-state index contributed by atoms with van der Waals surface area (Å²) in [5.41, 5.74) is 2.16. The second kappa shape index (κ2) is 4.74. The molecule has 0 radical (unpaired) electrons. The van der Waals surface area contributed by atoms with Crippen molar-refractivity contribution in [1.29, 1.82) is 0 Å². The van der Waals surface area contributed by atoms with Gasteiger partial charge in [-0.3, -0.25) is 0 Å². The Morgan fingerprint density at radius 3 is 2.55 bits per heavy atom. The summed E-state index contributed by atoms with van der Waals surface area (Å²) in [6.07, 6.45) is 0. The van der Waals surface area contributed by atoms with E-state index in [-0.39, 0.29) is 0 Å². The number of H-pyrrole nitrogens is 1. The Kier molecular flexibility index (Phi) is 3.88. The van der Waals surface area contributed by atoms with E-state index >= 15 is 0 Å². The number of ether oxygens (including phenoxy) is 1. The fourth-order valence-corrected chi connectivity index (χ4v) is 1.21. The van der Waals surface area contributed by atoms with Crippen LogP contribution in [0.25, 0.3) is 0 Å². The molecular formula is C7H10INO2. The highest BCUT2D eigenvalue weighted by Gasteiger charge is 1.96. The smallest absolute Gasteiger partial charge is 0.110 e. The maximum Gasteiger partial charge on any atom is 0.110 e. The zero-order valence-electron chi connectivity index (χ0n) is 6.26. The molecule has 0 aliphatic carbocycles. The lowest BCUT2D eigenvalue weighted by Crippen LogP contribution is -1.88. The van der Waals surface area contributed by atoms with E-state index in [1.807, 2.05) is 35.1 Å². The number of nitrogens with one attached hydrogen (secondary N) is 1. The Bertz CT molecular complexity index is 191. The molecule has 1 aromatic rings. The number of halogens is 1. The second-order valence-electron chi connectivity index (χ2n) is 2.20. The number of aromatic amines is 1. The van der Waals surface area contributed by atoms with Gasteiger partial charge in [0.15, 0.2) is 0 Å². The molecule has 0 fully saturated rings. The van der Waals surface area contributed by atoms with Crippen LogP contribution in [0.2, 0.25) is 0 Å². The molecule has 62 valence electrons. The average Bonchev–Trinajstić information content (AvgIpc) is 2.38. The van der Waals surface area contributed by atoms with Crippen molar-refractivity contribution in [3.05, 3.63) is 23.5 Å². The minimum absolute atomic E-state index is 0.615. The Labute approximate surface area is 79.8 Å². The highest BCUT2D eigenvalue weighted by molar-refractivity contribution is 14.1. The highest BCUT2D eigenvalue weighted by Crippen LogP contribution is 2.05. The molecule has 0 bridgehead atoms. The third kappa shape index (κ3) is 2.80. The van der Waals surface area contributed by atoms with E-state index in [9.17, 15) is 0 Å². The van der Waals surface area contributed by atoms with E-state index in [2.05, 4.69) is 4.98 Å². The summed E-state index contributed by atoms with van der Waals surface area (Å²) < 4.78 is 9.86. The maximum absolute atomic E-state index is 4.95. The van der Waals surface area contributed by atoms with Gasteiger partial charge in [-0.2, -0.15) is 0 Å². The predicted molar refractivity (Wildman–Crippen MR) is 50.3 cm³/mol. The zero-order chi connectivity index (χ0) is 8.10. The quantitative estimate of drug-likeness (QED) is 0.847. The van der Waals surface area contributed by atoms with Crippen LogP contribution in [0.1, 0.15) is 11.4 Å². The van der Waals surface area contributed by atoms with Gasteiger partial charge < -0.3 is 12.8 Å². The van der Waals surface area contributed by atoms with Crippen LogP contribution in [-0.2, 0) is 21.0 Å². The molecular weight excluding hydrogens is 257 g/mol. The molecule has 11 heavy (non-hydrogen) atoms. The number of aromatic nitrogens is 1. The van der Waals surface area contributed by atoms with Crippen LogP contribution in [0.5, 0.6) is 0 Å². The Morgan fingerprint density at radius 2 is 2.00 bits per heavy atom. The summed E-state index contributed by atoms with van der Waals surface area (Å²) in [5, 5.41) is 0. The number of methoxy groups -OCH3 is 1. The standard InChI is InChI=1S/C7H10INO2/c1-10-4-6-2-3-7(9-6)5-11-8/h2-3,9H,4-5H2,1H3. The van der Waals surface area contributed by atoms with E-state index in [1.165, 1.54) is 0 Å². The van der Waals surface area contributed by atoms with Crippen LogP contribution < -0.4 is 0 Å². The van der Waals surface area contributed by atoms with Crippen LogP contribution in [0.3, 0.4) is 0 Å². The molecule has 3 nitrogen and oxygen atoms in total. The molecule has 0 saturated carbocycles. The highest BCUT2D eigenvalue weighted by atomic mass is 127. The normalized spacial score (nSPS) is 10.4. The molecule has 4 heteroatoms. The predicted octanol–water partition coefficient (Wildman–Crippen LogP) is 2.03. The molecule has 0 aromatic carbocycles. The van der Waals surface area contributed by atoms with Gasteiger partial charge in [0.05, 0.1) is 13.2 Å². The first-order valence-corrected chi connectivity index (χ1v) is 4.14. The number of hydrogen-bond acceptors (Lipinski definition) is 2. The van der Waals surface area contributed by atoms with Crippen molar-refractivity contribution in [2.24, 2.45) is 0 Å². The Balaban J connectivity index is 2.51. The van der Waals surface area contributed by atoms with Crippen molar-refractivity contribution in [2.75, 3.05) is 7.11 Å². The van der Waals surface area contributed by atoms with Crippen molar-refractivity contribution >= 4 is 23.0 Å². The van der Waals surface area contributed by atoms with Gasteiger partial charge in [-0.15, -0.1) is 0 Å². The number of hydrogen-bond donors (Lipinski definition) is 1. The Morgan fingerprint density at radius 1 is 1.36 bits per heavy atom. The summed E-state index contributed by atoms with van der Waals surface area (Å²) in [4.78, 5) is 3.16. The third-order valence-electron chi connectivity index (χ3n) is 1.32. The minimum atomic E-state index is 0.615. The molecule has 0 aliphatic rings. The van der Waals surface area contributed by atoms with Gasteiger partial charge in [0.2, 0.25) is 0 Å². The first-order valence-electron chi connectivity index (χ1n) is 3.26. The van der Waals surface area contributed by atoms with E-state index in [4.69, 9.17) is 7.80 Å². The average molecular weight is 267 g/mol. The molecule has 0 amide bonds. The van der Waals surface area contributed by atoms with Gasteiger partial charge in [0, 0.05) is 18.5 Å². The fraction of sp³-hybridized carbons (Fsp3) is 0.429. The molecule has 0 aliphatic heterocycles. The zero-order valence-corrected chi connectivity index (χ0v) is 8.42. The SMILES string of the molecule is COCc1ccc(COI)[nH]1. The van der Waals surface area contributed by atoms with E-state index in [1.54, 1.807) is 7.11 Å². The fourth-order valence-electron chi connectivity index (χ4n) is 0.873. The summed E-state index contributed by atoms with van der Waals surface area (Å²) in [6.45, 7) is 1.24. The van der Waals surface area contributed by atoms with Crippen molar-refractivity contribution < 1.29 is 7.80 Å². The van der Waals surface area contributed by atoms with Gasteiger partial charge in [-0.05, 0) is 12.1 Å². The van der Waals surface area contributed by atoms with Gasteiger partial charge in [0.1, 0.15) is 23.0 Å². The molecule has 1 N–H and O–H groups in total. The monoisotopic (exact) mass is 267 g/mol. The van der Waals surface area contributed by atoms with E-state index in [0.29, 0.717) is 13.2 Å². The van der Waals surface area contributed by atoms with Crippen molar-refractivity contribution in [1.82, 2.24) is 4.98 Å². The first-order chi connectivity index (χ1) is 5.36. The molecule has 0 atom stereocenters. The molecule has 1 rings (SSSR count). The second-order valence-corrected chi connectivity index (χ2v) is 2.82. The molecule has 0 saturated heterocycles. The van der Waals surface area contributed by atoms with Gasteiger partial charge in [-0.1, -0.05) is 0 Å². The summed E-state index contributed by atoms with van der Waals surface area (Å²) in [7, 11) is 1.68. The lowest BCUT2D eigenvalue weighted by Gasteiger charge is -1.94. The molecule has 0 unspecified atom stereocenters.